The predicted octanol–water partition coefficient (Wildman–Crippen LogP) is 3.79. The molecule has 0 fully saturated rings. The minimum absolute atomic E-state index is 0.0295. The van der Waals surface area contributed by atoms with Gasteiger partial charge in [0.2, 0.25) is 5.78 Å². The van der Waals surface area contributed by atoms with Crippen LogP contribution in [0.5, 0.6) is 0 Å². The second-order valence-corrected chi connectivity index (χ2v) is 8.56. The zero-order valence-corrected chi connectivity index (χ0v) is 19.4. The monoisotopic (exact) mass is 458 g/mol. The summed E-state index contributed by atoms with van der Waals surface area (Å²) in [5.74, 6) is -6.28. The van der Waals surface area contributed by atoms with Crippen molar-refractivity contribution in [2.45, 2.75) is 58.1 Å². The SMILES string of the molecule is CCOC(=O)C(F)(C(=O)[C@H](N)Cc1ccccc1)N(Cc1ccccc1)C(=O)OC(C)(C)C. The van der Waals surface area contributed by atoms with E-state index >= 15 is 4.39 Å². The lowest BCUT2D eigenvalue weighted by molar-refractivity contribution is -0.178. The zero-order chi connectivity index (χ0) is 24.6. The van der Waals surface area contributed by atoms with E-state index < -0.39 is 41.8 Å². The van der Waals surface area contributed by atoms with Crippen LogP contribution in [0.2, 0.25) is 0 Å². The van der Waals surface area contributed by atoms with E-state index in [4.69, 9.17) is 15.2 Å². The third-order valence-corrected chi connectivity index (χ3v) is 4.68. The maximum atomic E-state index is 16.6. The summed E-state index contributed by atoms with van der Waals surface area (Å²) in [6, 6.07) is 15.7. The summed E-state index contributed by atoms with van der Waals surface area (Å²) in [6.45, 7) is 5.66. The lowest BCUT2D eigenvalue weighted by Crippen LogP contribution is -2.64. The molecule has 2 aromatic carbocycles. The zero-order valence-electron chi connectivity index (χ0n) is 19.4. The minimum atomic E-state index is -3.48. The molecular weight excluding hydrogens is 427 g/mol. The van der Waals surface area contributed by atoms with Gasteiger partial charge in [-0.3, -0.25) is 9.69 Å². The summed E-state index contributed by atoms with van der Waals surface area (Å²) in [6.07, 6.45) is -1.21. The molecule has 2 rings (SSSR count). The Balaban J connectivity index is 2.51. The van der Waals surface area contributed by atoms with Crippen molar-refractivity contribution >= 4 is 17.8 Å². The normalized spacial score (nSPS) is 14.0. The molecule has 1 amide bonds. The number of carbonyl (C=O) groups is 3. The highest BCUT2D eigenvalue weighted by Crippen LogP contribution is 2.28. The van der Waals surface area contributed by atoms with Gasteiger partial charge in [-0.25, -0.2) is 9.59 Å². The number of nitrogens with zero attached hydrogens (tertiary/aromatic N) is 1. The van der Waals surface area contributed by atoms with Crippen LogP contribution < -0.4 is 5.73 Å². The first-order valence-electron chi connectivity index (χ1n) is 10.7. The number of nitrogens with two attached hydrogens (primary N) is 1. The molecule has 1 unspecified atom stereocenters. The average Bonchev–Trinajstić information content (AvgIpc) is 2.76. The lowest BCUT2D eigenvalue weighted by atomic mass is 9.95. The van der Waals surface area contributed by atoms with Gasteiger partial charge in [0, 0.05) is 0 Å². The van der Waals surface area contributed by atoms with E-state index in [9.17, 15) is 14.4 Å². The molecule has 0 heterocycles. The first-order valence-corrected chi connectivity index (χ1v) is 10.7. The number of benzene rings is 2. The fourth-order valence-corrected chi connectivity index (χ4v) is 3.16. The lowest BCUT2D eigenvalue weighted by Gasteiger charge is -2.36. The van der Waals surface area contributed by atoms with Crippen molar-refractivity contribution in [3.8, 4) is 0 Å². The van der Waals surface area contributed by atoms with Crippen LogP contribution in [0.25, 0.3) is 0 Å². The van der Waals surface area contributed by atoms with Gasteiger partial charge in [0.05, 0.1) is 19.2 Å². The van der Waals surface area contributed by atoms with Crippen LogP contribution in [0.1, 0.15) is 38.8 Å². The molecule has 0 saturated carbocycles. The van der Waals surface area contributed by atoms with Gasteiger partial charge in [-0.2, -0.15) is 4.39 Å². The summed E-state index contributed by atoms with van der Waals surface area (Å²) in [7, 11) is 0. The Morgan fingerprint density at radius 3 is 1.97 bits per heavy atom. The Kier molecular flexibility index (Phi) is 8.70. The highest BCUT2D eigenvalue weighted by molar-refractivity contribution is 6.10. The number of Topliss-reactive ketones (excluding diaryl/α,β-unsaturated/α-hetero) is 1. The van der Waals surface area contributed by atoms with E-state index in [1.807, 2.05) is 0 Å². The molecule has 178 valence electrons. The summed E-state index contributed by atoms with van der Waals surface area (Å²) in [4.78, 5) is 39.7. The number of rotatable bonds is 9. The number of carbonyl (C=O) groups excluding carboxylic acids is 3. The molecule has 0 bridgehead atoms. The Morgan fingerprint density at radius 1 is 0.970 bits per heavy atom. The van der Waals surface area contributed by atoms with E-state index in [1.54, 1.807) is 81.4 Å². The van der Waals surface area contributed by atoms with E-state index in [-0.39, 0.29) is 13.0 Å². The highest BCUT2D eigenvalue weighted by atomic mass is 19.1. The number of halogens is 1. The molecule has 0 radical (unpaired) electrons. The number of ether oxygens (including phenoxy) is 2. The van der Waals surface area contributed by atoms with Crippen molar-refractivity contribution < 1.29 is 28.2 Å². The van der Waals surface area contributed by atoms with Crippen molar-refractivity contribution in [1.82, 2.24) is 4.90 Å². The molecule has 7 nitrogen and oxygen atoms in total. The molecule has 2 aromatic rings. The molecule has 0 aliphatic rings. The average molecular weight is 459 g/mol. The van der Waals surface area contributed by atoms with Crippen LogP contribution in [-0.2, 0) is 32.0 Å². The molecule has 0 saturated heterocycles. The van der Waals surface area contributed by atoms with Crippen LogP contribution in [-0.4, -0.2) is 46.8 Å². The van der Waals surface area contributed by atoms with Gasteiger partial charge in [-0.15, -0.1) is 0 Å². The topological polar surface area (TPSA) is 98.9 Å². The minimum Gasteiger partial charge on any atom is -0.462 e. The molecule has 2 atom stereocenters. The number of esters is 1. The van der Waals surface area contributed by atoms with Crippen molar-refractivity contribution in [3.63, 3.8) is 0 Å². The molecule has 0 spiro atoms. The predicted molar refractivity (Wildman–Crippen MR) is 122 cm³/mol. The number of amides is 1. The first kappa shape index (κ1) is 26.0. The van der Waals surface area contributed by atoms with E-state index in [0.29, 0.717) is 16.0 Å². The van der Waals surface area contributed by atoms with Gasteiger partial charge in [-0.1, -0.05) is 60.7 Å². The van der Waals surface area contributed by atoms with Crippen LogP contribution in [0.15, 0.2) is 60.7 Å². The summed E-state index contributed by atoms with van der Waals surface area (Å²) in [5.41, 5.74) is 6.21. The van der Waals surface area contributed by atoms with Crippen LogP contribution in [0.4, 0.5) is 9.18 Å². The molecule has 0 aliphatic heterocycles. The second kappa shape index (κ2) is 11.0. The van der Waals surface area contributed by atoms with Crippen molar-refractivity contribution in [2.75, 3.05) is 6.61 Å². The van der Waals surface area contributed by atoms with Gasteiger partial charge >= 0.3 is 17.9 Å². The van der Waals surface area contributed by atoms with Gasteiger partial charge in [0.1, 0.15) is 5.60 Å². The first-order chi connectivity index (χ1) is 15.5. The summed E-state index contributed by atoms with van der Waals surface area (Å²) in [5, 5.41) is 0. The van der Waals surface area contributed by atoms with Crippen LogP contribution >= 0.6 is 0 Å². The van der Waals surface area contributed by atoms with Crippen molar-refractivity contribution in [3.05, 3.63) is 71.8 Å². The van der Waals surface area contributed by atoms with Gasteiger partial charge in [0.15, 0.2) is 0 Å². The fraction of sp³-hybridized carbons (Fsp3) is 0.400. The van der Waals surface area contributed by atoms with Gasteiger partial charge in [0.25, 0.3) is 0 Å². The highest BCUT2D eigenvalue weighted by Gasteiger charge is 2.57. The van der Waals surface area contributed by atoms with Crippen molar-refractivity contribution in [1.29, 1.82) is 0 Å². The smallest absolute Gasteiger partial charge is 0.413 e. The quantitative estimate of drug-likeness (QED) is 0.349. The molecule has 33 heavy (non-hydrogen) atoms. The summed E-state index contributed by atoms with van der Waals surface area (Å²) >= 11 is 0. The van der Waals surface area contributed by atoms with Crippen molar-refractivity contribution in [2.24, 2.45) is 5.73 Å². The Bertz CT molecular complexity index is 946. The molecular formula is C25H31FN2O5. The Hall–Kier alpha value is -3.26. The molecule has 2 N–H and O–H groups in total. The maximum absolute atomic E-state index is 16.6. The third kappa shape index (κ3) is 6.86. The molecule has 8 heteroatoms. The van der Waals surface area contributed by atoms with E-state index in [1.165, 1.54) is 6.92 Å². The summed E-state index contributed by atoms with van der Waals surface area (Å²) < 4.78 is 26.8. The van der Waals surface area contributed by atoms with Gasteiger partial charge in [-0.05, 0) is 45.2 Å². The largest absolute Gasteiger partial charge is 0.462 e. The fourth-order valence-electron chi connectivity index (χ4n) is 3.16. The molecule has 0 aliphatic carbocycles. The third-order valence-electron chi connectivity index (χ3n) is 4.68. The standard InChI is InChI=1S/C25H31FN2O5/c1-5-32-22(30)25(26,21(29)20(27)16-18-12-8-6-9-13-18)28(23(31)33-24(2,3)4)17-19-14-10-7-11-15-19/h6-15,20H,5,16-17,27H2,1-4H3/t20-,25?/m1/s1. The maximum Gasteiger partial charge on any atom is 0.413 e. The van der Waals surface area contributed by atoms with E-state index in [2.05, 4.69) is 0 Å². The number of ketones is 1. The van der Waals surface area contributed by atoms with E-state index in [0.717, 1.165) is 0 Å². The number of hydrogen-bond donors (Lipinski definition) is 1. The molecule has 0 aromatic heterocycles. The van der Waals surface area contributed by atoms with Crippen LogP contribution in [0, 0.1) is 0 Å². The number of hydrogen-bond acceptors (Lipinski definition) is 6. The second-order valence-electron chi connectivity index (χ2n) is 8.56. The Morgan fingerprint density at radius 2 is 1.48 bits per heavy atom. The van der Waals surface area contributed by atoms with Gasteiger partial charge < -0.3 is 15.2 Å². The van der Waals surface area contributed by atoms with Crippen LogP contribution in [0.3, 0.4) is 0 Å². The number of alkyl halides is 1. The Labute approximate surface area is 193 Å².